The van der Waals surface area contributed by atoms with Crippen LogP contribution in [0.3, 0.4) is 0 Å². The summed E-state index contributed by atoms with van der Waals surface area (Å²) in [6, 6.07) is 15.7. The molecule has 2 amide bonds. The van der Waals surface area contributed by atoms with Crippen molar-refractivity contribution >= 4 is 43.8 Å². The number of amides is 2. The molecule has 9 nitrogen and oxygen atoms in total. The topological polar surface area (TPSA) is 127 Å². The maximum absolute atomic E-state index is 13.3. The minimum Gasteiger partial charge on any atom is -0.496 e. The Bertz CT molecular complexity index is 1500. The second kappa shape index (κ2) is 10.0. The molecule has 0 bridgehead atoms. The predicted octanol–water partition coefficient (Wildman–Crippen LogP) is 4.56. The number of nitrogens with one attached hydrogen (secondary N) is 2. The van der Waals surface area contributed by atoms with Gasteiger partial charge in [-0.1, -0.05) is 41.2 Å². The summed E-state index contributed by atoms with van der Waals surface area (Å²) in [4.78, 5) is 33.8. The van der Waals surface area contributed by atoms with Gasteiger partial charge in [-0.05, 0) is 43.3 Å². The number of carbonyl (C=O) groups is 2. The van der Waals surface area contributed by atoms with E-state index in [9.17, 15) is 18.0 Å². The van der Waals surface area contributed by atoms with Crippen LogP contribution in [0.1, 0.15) is 21.5 Å². The van der Waals surface area contributed by atoms with Crippen molar-refractivity contribution < 1.29 is 22.7 Å². The van der Waals surface area contributed by atoms with Gasteiger partial charge in [0.1, 0.15) is 9.96 Å². The van der Waals surface area contributed by atoms with Crippen LogP contribution >= 0.6 is 11.3 Å². The summed E-state index contributed by atoms with van der Waals surface area (Å²) in [5.74, 6) is 0.0956. The molecule has 4 rings (SSSR count). The summed E-state index contributed by atoms with van der Waals surface area (Å²) in [5, 5.41) is 5.12. The van der Waals surface area contributed by atoms with Crippen LogP contribution in [-0.2, 0) is 9.84 Å². The summed E-state index contributed by atoms with van der Waals surface area (Å²) in [7, 11) is -2.38. The number of aromatic nitrogens is 2. The van der Waals surface area contributed by atoms with Gasteiger partial charge in [0.05, 0.1) is 24.6 Å². The molecule has 0 unspecified atom stereocenters. The molecule has 0 spiro atoms. The average molecular weight is 509 g/mol. The molecule has 178 valence electrons. The van der Waals surface area contributed by atoms with Gasteiger partial charge in [0.25, 0.3) is 0 Å². The minimum atomic E-state index is -3.86. The smallest absolute Gasteiger partial charge is 0.325 e. The van der Waals surface area contributed by atoms with Gasteiger partial charge in [0, 0.05) is 11.8 Å². The molecule has 0 radical (unpaired) electrons. The van der Waals surface area contributed by atoms with E-state index >= 15 is 0 Å². The van der Waals surface area contributed by atoms with Crippen LogP contribution in [0.15, 0.2) is 82.3 Å². The third-order valence-corrected chi connectivity index (χ3v) is 7.95. The van der Waals surface area contributed by atoms with Crippen molar-refractivity contribution in [3.8, 4) is 5.75 Å². The number of sulfone groups is 1. The standard InChI is InChI=1S/C24H20N4O5S2/c1-15-10-11-18(17(13-15)22(29)16-7-3-4-8-19(16)33-2)27-23(30)28-24-26-14-21(34-24)35(31,32)20-9-5-6-12-25-20/h3-14H,1-2H3,(H2,26,27,28,30). The molecule has 2 heterocycles. The number of carbonyl (C=O) groups excluding carboxylic acids is 2. The molecule has 0 atom stereocenters. The molecule has 0 saturated heterocycles. The number of nitrogens with zero attached hydrogens (tertiary/aromatic N) is 2. The Labute approximate surface area is 205 Å². The van der Waals surface area contributed by atoms with E-state index in [-0.39, 0.29) is 31.4 Å². The lowest BCUT2D eigenvalue weighted by atomic mass is 9.99. The van der Waals surface area contributed by atoms with Crippen LogP contribution in [0.2, 0.25) is 0 Å². The Kier molecular flexibility index (Phi) is 6.90. The van der Waals surface area contributed by atoms with E-state index in [4.69, 9.17) is 4.74 Å². The minimum absolute atomic E-state index is 0.0612. The Balaban J connectivity index is 1.54. The molecule has 0 fully saturated rings. The molecule has 4 aromatic rings. The van der Waals surface area contributed by atoms with Gasteiger partial charge < -0.3 is 10.1 Å². The fourth-order valence-electron chi connectivity index (χ4n) is 3.23. The molecule has 2 aromatic carbocycles. The molecular weight excluding hydrogens is 488 g/mol. The summed E-state index contributed by atoms with van der Waals surface area (Å²) in [5.41, 5.74) is 1.75. The fourth-order valence-corrected chi connectivity index (χ4v) is 5.57. The van der Waals surface area contributed by atoms with Crippen molar-refractivity contribution in [3.05, 3.63) is 89.7 Å². The number of pyridine rings is 1. The van der Waals surface area contributed by atoms with Crippen LogP contribution in [-0.4, -0.2) is 37.3 Å². The van der Waals surface area contributed by atoms with Crippen LogP contribution in [0.4, 0.5) is 15.6 Å². The van der Waals surface area contributed by atoms with Crippen molar-refractivity contribution in [2.75, 3.05) is 17.7 Å². The van der Waals surface area contributed by atoms with Crippen molar-refractivity contribution in [2.24, 2.45) is 0 Å². The molecule has 2 N–H and O–H groups in total. The zero-order chi connectivity index (χ0) is 25.0. The van der Waals surface area contributed by atoms with Crippen molar-refractivity contribution in [2.45, 2.75) is 16.2 Å². The Morgan fingerprint density at radius 2 is 1.71 bits per heavy atom. The van der Waals surface area contributed by atoms with Gasteiger partial charge in [0.2, 0.25) is 9.84 Å². The number of urea groups is 1. The molecule has 0 aliphatic carbocycles. The van der Waals surface area contributed by atoms with Gasteiger partial charge in [-0.25, -0.2) is 23.2 Å². The van der Waals surface area contributed by atoms with E-state index in [1.54, 1.807) is 54.6 Å². The van der Waals surface area contributed by atoms with Crippen LogP contribution < -0.4 is 15.4 Å². The Morgan fingerprint density at radius 3 is 2.46 bits per heavy atom. The molecule has 0 saturated carbocycles. The first-order valence-electron chi connectivity index (χ1n) is 10.3. The maximum Gasteiger partial charge on any atom is 0.325 e. The van der Waals surface area contributed by atoms with E-state index in [0.717, 1.165) is 23.1 Å². The van der Waals surface area contributed by atoms with E-state index < -0.39 is 15.9 Å². The lowest BCUT2D eigenvalue weighted by Crippen LogP contribution is -2.21. The number of ketones is 1. The zero-order valence-electron chi connectivity index (χ0n) is 18.7. The molecular formula is C24H20N4O5S2. The van der Waals surface area contributed by atoms with Gasteiger partial charge in [-0.2, -0.15) is 0 Å². The number of methoxy groups -OCH3 is 1. The molecule has 0 aliphatic heterocycles. The number of hydrogen-bond donors (Lipinski definition) is 2. The van der Waals surface area contributed by atoms with Gasteiger partial charge >= 0.3 is 6.03 Å². The quantitative estimate of drug-likeness (QED) is 0.350. The lowest BCUT2D eigenvalue weighted by molar-refractivity contribution is 0.103. The van der Waals surface area contributed by atoms with E-state index in [2.05, 4.69) is 20.6 Å². The number of aryl methyl sites for hydroxylation is 1. The number of anilines is 2. The van der Waals surface area contributed by atoms with Gasteiger partial charge in [-0.3, -0.25) is 10.1 Å². The summed E-state index contributed by atoms with van der Waals surface area (Å²) < 4.78 is 30.6. The number of rotatable bonds is 7. The monoisotopic (exact) mass is 508 g/mol. The van der Waals surface area contributed by atoms with Crippen molar-refractivity contribution in [1.29, 1.82) is 0 Å². The third kappa shape index (κ3) is 5.20. The van der Waals surface area contributed by atoms with Gasteiger partial charge in [0.15, 0.2) is 15.9 Å². The Hall–Kier alpha value is -4.09. The van der Waals surface area contributed by atoms with E-state index in [1.165, 1.54) is 19.4 Å². The average Bonchev–Trinajstić information content (AvgIpc) is 3.34. The highest BCUT2D eigenvalue weighted by Crippen LogP contribution is 2.29. The lowest BCUT2D eigenvalue weighted by Gasteiger charge is -2.13. The molecule has 0 aliphatic rings. The summed E-state index contributed by atoms with van der Waals surface area (Å²) >= 11 is 0.794. The van der Waals surface area contributed by atoms with E-state index in [0.29, 0.717) is 11.3 Å². The maximum atomic E-state index is 13.3. The van der Waals surface area contributed by atoms with Crippen LogP contribution in [0, 0.1) is 6.92 Å². The highest BCUT2D eigenvalue weighted by atomic mass is 32.2. The second-order valence-corrected chi connectivity index (χ2v) is 10.5. The SMILES string of the molecule is COc1ccccc1C(=O)c1cc(C)ccc1NC(=O)Nc1ncc(S(=O)(=O)c2ccccn2)s1. The number of hydrogen-bond acceptors (Lipinski definition) is 8. The first-order chi connectivity index (χ1) is 16.8. The van der Waals surface area contributed by atoms with Gasteiger partial charge in [-0.15, -0.1) is 0 Å². The zero-order valence-corrected chi connectivity index (χ0v) is 20.3. The molecule has 35 heavy (non-hydrogen) atoms. The predicted molar refractivity (Wildman–Crippen MR) is 132 cm³/mol. The third-order valence-electron chi connectivity index (χ3n) is 4.90. The number of ether oxygens (including phenoxy) is 1. The number of thiazole rings is 1. The van der Waals surface area contributed by atoms with Crippen LogP contribution in [0.25, 0.3) is 0 Å². The number of para-hydroxylation sites is 1. The van der Waals surface area contributed by atoms with Crippen molar-refractivity contribution in [1.82, 2.24) is 9.97 Å². The summed E-state index contributed by atoms with van der Waals surface area (Å²) in [6.07, 6.45) is 2.54. The molecule has 2 aromatic heterocycles. The first kappa shape index (κ1) is 24.0. The number of benzene rings is 2. The highest BCUT2D eigenvalue weighted by Gasteiger charge is 2.23. The second-order valence-electron chi connectivity index (χ2n) is 7.31. The summed E-state index contributed by atoms with van der Waals surface area (Å²) in [6.45, 7) is 1.84. The fraction of sp³-hybridized carbons (Fsp3) is 0.0833. The Morgan fingerprint density at radius 1 is 0.943 bits per heavy atom. The molecule has 11 heteroatoms. The largest absolute Gasteiger partial charge is 0.496 e. The van der Waals surface area contributed by atoms with E-state index in [1.807, 2.05) is 6.92 Å². The normalized spacial score (nSPS) is 11.0. The van der Waals surface area contributed by atoms with Crippen LogP contribution in [0.5, 0.6) is 5.75 Å². The highest BCUT2D eigenvalue weighted by molar-refractivity contribution is 7.93. The first-order valence-corrected chi connectivity index (χ1v) is 12.6. The van der Waals surface area contributed by atoms with Crippen molar-refractivity contribution in [3.63, 3.8) is 0 Å².